The lowest BCUT2D eigenvalue weighted by molar-refractivity contribution is 0.0951. The highest BCUT2D eigenvalue weighted by Crippen LogP contribution is 2.34. The lowest BCUT2D eigenvalue weighted by Crippen LogP contribution is -2.32. The van der Waals surface area contributed by atoms with Gasteiger partial charge in [-0.15, -0.1) is 0 Å². The Kier molecular flexibility index (Phi) is 4.30. The van der Waals surface area contributed by atoms with Gasteiger partial charge in [0.15, 0.2) is 0 Å². The van der Waals surface area contributed by atoms with Crippen molar-refractivity contribution in [3.05, 3.63) is 35.4 Å². The number of benzene rings is 1. The summed E-state index contributed by atoms with van der Waals surface area (Å²) in [7, 11) is 0. The van der Waals surface area contributed by atoms with Crippen molar-refractivity contribution in [2.24, 2.45) is 5.92 Å². The van der Waals surface area contributed by atoms with Crippen molar-refractivity contribution in [2.75, 3.05) is 13.2 Å². The summed E-state index contributed by atoms with van der Waals surface area (Å²) in [5.41, 5.74) is 0.402. The van der Waals surface area contributed by atoms with Crippen LogP contribution in [-0.4, -0.2) is 19.3 Å². The summed E-state index contributed by atoms with van der Waals surface area (Å²) in [5.74, 6) is -0.580. The van der Waals surface area contributed by atoms with Crippen LogP contribution >= 0.6 is 0 Å². The number of hydrogen-bond donors (Lipinski definition) is 1. The molecular weight excluding hydrogens is 236 g/mol. The zero-order valence-corrected chi connectivity index (χ0v) is 10.7. The van der Waals surface area contributed by atoms with Gasteiger partial charge in [-0.2, -0.15) is 0 Å². The Morgan fingerprint density at radius 2 is 2.22 bits per heavy atom. The second kappa shape index (κ2) is 5.76. The van der Waals surface area contributed by atoms with Gasteiger partial charge in [-0.05, 0) is 38.1 Å². The fourth-order valence-electron chi connectivity index (χ4n) is 2.65. The highest BCUT2D eigenvalue weighted by molar-refractivity contribution is 5.23. The van der Waals surface area contributed by atoms with E-state index in [-0.39, 0.29) is 23.9 Å². The predicted octanol–water partition coefficient (Wildman–Crippen LogP) is 3.04. The van der Waals surface area contributed by atoms with Crippen molar-refractivity contribution < 1.29 is 13.5 Å². The highest BCUT2D eigenvalue weighted by Gasteiger charge is 2.33. The molecule has 1 heterocycles. The van der Waals surface area contributed by atoms with Crippen molar-refractivity contribution in [1.82, 2.24) is 5.32 Å². The van der Waals surface area contributed by atoms with Crippen LogP contribution in [-0.2, 0) is 4.74 Å². The third-order valence-electron chi connectivity index (χ3n) is 3.58. The van der Waals surface area contributed by atoms with E-state index < -0.39 is 5.82 Å². The van der Waals surface area contributed by atoms with E-state index in [2.05, 4.69) is 5.32 Å². The molecule has 1 aliphatic heterocycles. The topological polar surface area (TPSA) is 21.3 Å². The summed E-state index contributed by atoms with van der Waals surface area (Å²) < 4.78 is 32.7. The molecule has 1 N–H and O–H groups in total. The van der Waals surface area contributed by atoms with Crippen LogP contribution in [0.5, 0.6) is 0 Å². The van der Waals surface area contributed by atoms with Crippen LogP contribution in [0.4, 0.5) is 8.78 Å². The average molecular weight is 255 g/mol. The van der Waals surface area contributed by atoms with E-state index in [1.54, 1.807) is 0 Å². The maximum Gasteiger partial charge on any atom is 0.128 e. The van der Waals surface area contributed by atoms with Crippen LogP contribution in [0.25, 0.3) is 0 Å². The molecular formula is C14H19F2NO. The zero-order chi connectivity index (χ0) is 13.1. The molecule has 1 aromatic rings. The molecule has 0 saturated carbocycles. The van der Waals surface area contributed by atoms with Crippen LogP contribution in [0, 0.1) is 17.6 Å². The molecule has 4 heteroatoms. The molecule has 0 spiro atoms. The van der Waals surface area contributed by atoms with Crippen molar-refractivity contribution in [2.45, 2.75) is 32.4 Å². The van der Waals surface area contributed by atoms with E-state index in [0.717, 1.165) is 12.5 Å². The molecule has 1 fully saturated rings. The zero-order valence-electron chi connectivity index (χ0n) is 10.7. The summed E-state index contributed by atoms with van der Waals surface area (Å²) in [6.07, 6.45) is 0.936. The maximum atomic E-state index is 13.9. The third kappa shape index (κ3) is 2.70. The number of nitrogens with one attached hydrogen (secondary N) is 1. The quantitative estimate of drug-likeness (QED) is 0.893. The summed E-state index contributed by atoms with van der Waals surface area (Å²) >= 11 is 0. The Balaban J connectivity index is 2.31. The first kappa shape index (κ1) is 13.4. The minimum absolute atomic E-state index is 0.0664. The van der Waals surface area contributed by atoms with Crippen molar-refractivity contribution >= 4 is 0 Å². The van der Waals surface area contributed by atoms with E-state index in [9.17, 15) is 8.78 Å². The van der Waals surface area contributed by atoms with E-state index in [1.165, 1.54) is 12.1 Å². The van der Waals surface area contributed by atoms with Gasteiger partial charge in [-0.1, -0.05) is 6.92 Å². The molecule has 18 heavy (non-hydrogen) atoms. The molecule has 0 amide bonds. The molecule has 3 atom stereocenters. The van der Waals surface area contributed by atoms with Gasteiger partial charge in [0.05, 0.1) is 6.10 Å². The molecule has 1 aliphatic rings. The second-order valence-electron chi connectivity index (χ2n) is 4.73. The molecule has 0 aromatic heterocycles. The molecule has 2 nitrogen and oxygen atoms in total. The number of halogens is 2. The average Bonchev–Trinajstić information content (AvgIpc) is 2.76. The van der Waals surface area contributed by atoms with E-state index in [1.807, 2.05) is 13.8 Å². The van der Waals surface area contributed by atoms with Crippen molar-refractivity contribution in [1.29, 1.82) is 0 Å². The van der Waals surface area contributed by atoms with Gasteiger partial charge in [0.2, 0.25) is 0 Å². The Morgan fingerprint density at radius 3 is 2.83 bits per heavy atom. The third-order valence-corrected chi connectivity index (χ3v) is 3.58. The maximum absolute atomic E-state index is 13.9. The van der Waals surface area contributed by atoms with Crippen LogP contribution in [0.15, 0.2) is 18.2 Å². The summed E-state index contributed by atoms with van der Waals surface area (Å²) in [5, 5.41) is 3.25. The Labute approximate surface area is 106 Å². The fourth-order valence-corrected chi connectivity index (χ4v) is 2.65. The van der Waals surface area contributed by atoms with Crippen molar-refractivity contribution in [3.8, 4) is 0 Å². The fraction of sp³-hybridized carbons (Fsp3) is 0.571. The van der Waals surface area contributed by atoms with E-state index >= 15 is 0 Å². The lowest BCUT2D eigenvalue weighted by atomic mass is 9.88. The van der Waals surface area contributed by atoms with Gasteiger partial charge in [0.25, 0.3) is 0 Å². The summed E-state index contributed by atoms with van der Waals surface area (Å²) in [4.78, 5) is 0. The predicted molar refractivity (Wildman–Crippen MR) is 66.3 cm³/mol. The molecule has 1 saturated heterocycles. The largest absolute Gasteiger partial charge is 0.378 e. The monoisotopic (exact) mass is 255 g/mol. The van der Waals surface area contributed by atoms with Crippen LogP contribution < -0.4 is 5.32 Å². The minimum Gasteiger partial charge on any atom is -0.378 e. The highest BCUT2D eigenvalue weighted by atomic mass is 19.1. The van der Waals surface area contributed by atoms with Crippen molar-refractivity contribution in [3.63, 3.8) is 0 Å². The lowest BCUT2D eigenvalue weighted by Gasteiger charge is -2.27. The molecule has 2 rings (SSSR count). The van der Waals surface area contributed by atoms with Crippen LogP contribution in [0.1, 0.15) is 31.9 Å². The van der Waals surface area contributed by atoms with Crippen LogP contribution in [0.3, 0.4) is 0 Å². The SMILES string of the molecule is CCNC(c1cc(F)ccc1F)C1CCOC1C. The standard InChI is InChI=1S/C14H19F2NO/c1-3-17-14(11-6-7-18-9(11)2)12-8-10(15)4-5-13(12)16/h4-5,8-9,11,14,17H,3,6-7H2,1-2H3. The molecule has 0 bridgehead atoms. The van der Waals surface area contributed by atoms with Gasteiger partial charge in [-0.25, -0.2) is 8.78 Å². The summed E-state index contributed by atoms with van der Waals surface area (Å²) in [6, 6.07) is 3.43. The van der Waals surface area contributed by atoms with E-state index in [4.69, 9.17) is 4.74 Å². The van der Waals surface area contributed by atoms with Gasteiger partial charge < -0.3 is 10.1 Å². The van der Waals surface area contributed by atoms with Gasteiger partial charge in [0, 0.05) is 24.1 Å². The Morgan fingerprint density at radius 1 is 1.44 bits per heavy atom. The first-order valence-electron chi connectivity index (χ1n) is 6.43. The number of ether oxygens (including phenoxy) is 1. The minimum atomic E-state index is -0.402. The Bertz CT molecular complexity index is 411. The molecule has 1 aromatic carbocycles. The molecule has 100 valence electrons. The number of hydrogen-bond acceptors (Lipinski definition) is 2. The molecule has 0 radical (unpaired) electrons. The molecule has 0 aliphatic carbocycles. The van der Waals surface area contributed by atoms with Crippen LogP contribution in [0.2, 0.25) is 0 Å². The smallest absolute Gasteiger partial charge is 0.128 e. The van der Waals surface area contributed by atoms with Gasteiger partial charge >= 0.3 is 0 Å². The van der Waals surface area contributed by atoms with E-state index in [0.29, 0.717) is 18.7 Å². The first-order chi connectivity index (χ1) is 8.63. The number of rotatable bonds is 4. The molecule has 3 unspecified atom stereocenters. The second-order valence-corrected chi connectivity index (χ2v) is 4.73. The summed E-state index contributed by atoms with van der Waals surface area (Å²) in [6.45, 7) is 5.35. The normalized spacial score (nSPS) is 25.3. The first-order valence-corrected chi connectivity index (χ1v) is 6.43. The van der Waals surface area contributed by atoms with Gasteiger partial charge in [-0.3, -0.25) is 0 Å². The van der Waals surface area contributed by atoms with Gasteiger partial charge in [0.1, 0.15) is 11.6 Å². The Hall–Kier alpha value is -1.00.